The molecule has 23 heavy (non-hydrogen) atoms. The molecular formula is C20H25NO2. The lowest BCUT2D eigenvalue weighted by molar-refractivity contribution is 0.0679. The molecule has 3 rings (SSSR count). The molecule has 1 fully saturated rings. The zero-order valence-electron chi connectivity index (χ0n) is 13.5. The summed E-state index contributed by atoms with van der Waals surface area (Å²) in [7, 11) is 0. The van der Waals surface area contributed by atoms with Gasteiger partial charge in [-0.2, -0.15) is 0 Å². The van der Waals surface area contributed by atoms with Gasteiger partial charge in [0.05, 0.1) is 6.10 Å². The van der Waals surface area contributed by atoms with Crippen LogP contribution in [0.2, 0.25) is 0 Å². The highest BCUT2D eigenvalue weighted by molar-refractivity contribution is 5.27. The Hall–Kier alpha value is -1.84. The molecule has 1 saturated heterocycles. The SMILES string of the molecule is c1ccc(CCNCc2ccc(OCC3CCCO3)cc2)cc1. The lowest BCUT2D eigenvalue weighted by Gasteiger charge is -2.12. The fraction of sp³-hybridized carbons (Fsp3) is 0.400. The Morgan fingerprint density at radius 1 is 1.00 bits per heavy atom. The van der Waals surface area contributed by atoms with Gasteiger partial charge in [0.25, 0.3) is 0 Å². The lowest BCUT2D eigenvalue weighted by atomic mass is 10.1. The summed E-state index contributed by atoms with van der Waals surface area (Å²) in [6, 6.07) is 18.9. The van der Waals surface area contributed by atoms with Crippen molar-refractivity contribution in [1.82, 2.24) is 5.32 Å². The van der Waals surface area contributed by atoms with E-state index in [2.05, 4.69) is 47.8 Å². The van der Waals surface area contributed by atoms with Crippen LogP contribution < -0.4 is 10.1 Å². The lowest BCUT2D eigenvalue weighted by Crippen LogP contribution is -2.17. The molecule has 0 aliphatic carbocycles. The summed E-state index contributed by atoms with van der Waals surface area (Å²) >= 11 is 0. The van der Waals surface area contributed by atoms with E-state index in [0.717, 1.165) is 44.7 Å². The van der Waals surface area contributed by atoms with Crippen LogP contribution in [0.15, 0.2) is 54.6 Å². The van der Waals surface area contributed by atoms with Crippen LogP contribution in [-0.4, -0.2) is 25.9 Å². The van der Waals surface area contributed by atoms with Gasteiger partial charge in [0.2, 0.25) is 0 Å². The van der Waals surface area contributed by atoms with Crippen molar-refractivity contribution in [2.24, 2.45) is 0 Å². The van der Waals surface area contributed by atoms with E-state index < -0.39 is 0 Å². The third-order valence-corrected chi connectivity index (χ3v) is 4.15. The number of hydrogen-bond acceptors (Lipinski definition) is 3. The molecule has 3 heteroatoms. The number of ether oxygens (including phenoxy) is 2. The van der Waals surface area contributed by atoms with E-state index >= 15 is 0 Å². The second-order valence-corrected chi connectivity index (χ2v) is 6.00. The quantitative estimate of drug-likeness (QED) is 0.756. The zero-order chi connectivity index (χ0) is 15.7. The van der Waals surface area contributed by atoms with Gasteiger partial charge in [0.15, 0.2) is 0 Å². The Labute approximate surface area is 138 Å². The first kappa shape index (κ1) is 16.0. The maximum absolute atomic E-state index is 5.78. The molecule has 1 heterocycles. The Kier molecular flexibility index (Phi) is 6.07. The van der Waals surface area contributed by atoms with Crippen LogP contribution in [0.5, 0.6) is 5.75 Å². The first-order valence-electron chi connectivity index (χ1n) is 8.48. The molecular weight excluding hydrogens is 286 g/mol. The Morgan fingerprint density at radius 2 is 1.83 bits per heavy atom. The Morgan fingerprint density at radius 3 is 2.57 bits per heavy atom. The molecule has 0 amide bonds. The monoisotopic (exact) mass is 311 g/mol. The summed E-state index contributed by atoms with van der Waals surface area (Å²) in [6.07, 6.45) is 3.60. The number of nitrogens with one attached hydrogen (secondary N) is 1. The zero-order valence-corrected chi connectivity index (χ0v) is 13.5. The van der Waals surface area contributed by atoms with Crippen molar-refractivity contribution in [3.63, 3.8) is 0 Å². The maximum Gasteiger partial charge on any atom is 0.119 e. The van der Waals surface area contributed by atoms with Gasteiger partial charge in [-0.25, -0.2) is 0 Å². The third kappa shape index (κ3) is 5.38. The highest BCUT2D eigenvalue weighted by atomic mass is 16.5. The van der Waals surface area contributed by atoms with Crippen LogP contribution in [0.4, 0.5) is 0 Å². The molecule has 0 spiro atoms. The molecule has 3 nitrogen and oxygen atoms in total. The average molecular weight is 311 g/mol. The molecule has 1 unspecified atom stereocenters. The maximum atomic E-state index is 5.78. The van der Waals surface area contributed by atoms with E-state index in [-0.39, 0.29) is 6.10 Å². The molecule has 1 atom stereocenters. The van der Waals surface area contributed by atoms with Crippen molar-refractivity contribution in [2.75, 3.05) is 19.8 Å². The summed E-state index contributed by atoms with van der Waals surface area (Å²) in [5.74, 6) is 0.925. The second-order valence-electron chi connectivity index (χ2n) is 6.00. The molecule has 2 aromatic carbocycles. The molecule has 122 valence electrons. The summed E-state index contributed by atoms with van der Waals surface area (Å²) in [6.45, 7) is 3.41. The summed E-state index contributed by atoms with van der Waals surface area (Å²) < 4.78 is 11.3. The fourth-order valence-electron chi connectivity index (χ4n) is 2.78. The smallest absolute Gasteiger partial charge is 0.119 e. The summed E-state index contributed by atoms with van der Waals surface area (Å²) in [4.78, 5) is 0. The predicted octanol–water partition coefficient (Wildman–Crippen LogP) is 3.58. The van der Waals surface area contributed by atoms with E-state index in [1.165, 1.54) is 11.1 Å². The van der Waals surface area contributed by atoms with Gasteiger partial charge in [-0.15, -0.1) is 0 Å². The van der Waals surface area contributed by atoms with Gasteiger partial charge in [-0.3, -0.25) is 0 Å². The van der Waals surface area contributed by atoms with Gasteiger partial charge in [0.1, 0.15) is 12.4 Å². The van der Waals surface area contributed by atoms with E-state index in [0.29, 0.717) is 6.61 Å². The van der Waals surface area contributed by atoms with Crippen molar-refractivity contribution >= 4 is 0 Å². The van der Waals surface area contributed by atoms with Gasteiger partial charge >= 0.3 is 0 Å². The second kappa shape index (κ2) is 8.70. The molecule has 0 saturated carbocycles. The minimum absolute atomic E-state index is 0.273. The summed E-state index contributed by atoms with van der Waals surface area (Å²) in [5, 5.41) is 3.49. The van der Waals surface area contributed by atoms with E-state index in [1.807, 2.05) is 12.1 Å². The molecule has 1 N–H and O–H groups in total. The van der Waals surface area contributed by atoms with E-state index in [9.17, 15) is 0 Å². The van der Waals surface area contributed by atoms with Gasteiger partial charge < -0.3 is 14.8 Å². The first-order valence-corrected chi connectivity index (χ1v) is 8.48. The molecule has 0 bridgehead atoms. The highest BCUT2D eigenvalue weighted by Crippen LogP contribution is 2.16. The van der Waals surface area contributed by atoms with Crippen LogP contribution in [0.3, 0.4) is 0 Å². The highest BCUT2D eigenvalue weighted by Gasteiger charge is 2.15. The molecule has 0 aromatic heterocycles. The minimum atomic E-state index is 0.273. The first-order chi connectivity index (χ1) is 11.4. The standard InChI is InChI=1S/C20H25NO2/c1-2-5-17(6-3-1)12-13-21-15-18-8-10-19(11-9-18)23-16-20-7-4-14-22-20/h1-3,5-6,8-11,20-21H,4,7,12-16H2. The van der Waals surface area contributed by atoms with Gasteiger partial charge in [0, 0.05) is 13.2 Å². The van der Waals surface area contributed by atoms with Crippen LogP contribution in [0.25, 0.3) is 0 Å². The van der Waals surface area contributed by atoms with Crippen molar-refractivity contribution in [3.05, 3.63) is 65.7 Å². The fourth-order valence-corrected chi connectivity index (χ4v) is 2.78. The normalized spacial score (nSPS) is 17.3. The van der Waals surface area contributed by atoms with Gasteiger partial charge in [-0.05, 0) is 49.1 Å². The number of hydrogen-bond donors (Lipinski definition) is 1. The van der Waals surface area contributed by atoms with Crippen molar-refractivity contribution < 1.29 is 9.47 Å². The molecule has 1 aliphatic rings. The van der Waals surface area contributed by atoms with Gasteiger partial charge in [-0.1, -0.05) is 42.5 Å². The largest absolute Gasteiger partial charge is 0.491 e. The van der Waals surface area contributed by atoms with Crippen molar-refractivity contribution in [1.29, 1.82) is 0 Å². The van der Waals surface area contributed by atoms with Crippen molar-refractivity contribution in [2.45, 2.75) is 31.9 Å². The molecule has 2 aromatic rings. The predicted molar refractivity (Wildman–Crippen MR) is 92.8 cm³/mol. The summed E-state index contributed by atoms with van der Waals surface area (Å²) in [5.41, 5.74) is 2.65. The molecule has 1 aliphatic heterocycles. The number of benzene rings is 2. The minimum Gasteiger partial charge on any atom is -0.491 e. The molecule has 0 radical (unpaired) electrons. The van der Waals surface area contributed by atoms with Crippen molar-refractivity contribution in [3.8, 4) is 5.75 Å². The van der Waals surface area contributed by atoms with Crippen LogP contribution in [-0.2, 0) is 17.7 Å². The number of rotatable bonds is 8. The topological polar surface area (TPSA) is 30.5 Å². The van der Waals surface area contributed by atoms with E-state index in [1.54, 1.807) is 0 Å². The van der Waals surface area contributed by atoms with E-state index in [4.69, 9.17) is 9.47 Å². The Balaban J connectivity index is 1.35. The van der Waals surface area contributed by atoms with Crippen LogP contribution in [0, 0.1) is 0 Å². The van der Waals surface area contributed by atoms with Crippen LogP contribution >= 0.6 is 0 Å². The van der Waals surface area contributed by atoms with Crippen LogP contribution in [0.1, 0.15) is 24.0 Å². The third-order valence-electron chi connectivity index (χ3n) is 4.15. The Bertz CT molecular complexity index is 562. The average Bonchev–Trinajstić information content (AvgIpc) is 3.12.